The highest BCUT2D eigenvalue weighted by molar-refractivity contribution is 5.96. The van der Waals surface area contributed by atoms with Gasteiger partial charge in [0.15, 0.2) is 5.94 Å². The first-order chi connectivity index (χ1) is 19.4. The van der Waals surface area contributed by atoms with Gasteiger partial charge in [-0.1, -0.05) is 42.5 Å². The Morgan fingerprint density at radius 1 is 1.10 bits per heavy atom. The normalized spacial score (nSPS) is 12.5. The van der Waals surface area contributed by atoms with Crippen molar-refractivity contribution in [3.63, 3.8) is 0 Å². The minimum atomic E-state index is -0.410. The molecule has 1 amide bonds. The second kappa shape index (κ2) is 12.1. The fourth-order valence-electron chi connectivity index (χ4n) is 5.23. The van der Waals surface area contributed by atoms with Gasteiger partial charge in [-0.25, -0.2) is 4.79 Å². The van der Waals surface area contributed by atoms with Gasteiger partial charge >= 0.3 is 0 Å². The van der Waals surface area contributed by atoms with Crippen LogP contribution in [0.2, 0.25) is 0 Å². The quantitative estimate of drug-likeness (QED) is 0.159. The Kier molecular flexibility index (Phi) is 8.13. The van der Waals surface area contributed by atoms with Crippen LogP contribution in [0.5, 0.6) is 5.75 Å². The van der Waals surface area contributed by atoms with Crippen molar-refractivity contribution in [2.45, 2.75) is 46.1 Å². The molecule has 40 heavy (non-hydrogen) atoms. The highest BCUT2D eigenvalue weighted by Crippen LogP contribution is 2.36. The number of aliphatic hydroxyl groups is 1. The number of carbonyl (C=O) groups excluding carboxylic acids is 2. The van der Waals surface area contributed by atoms with Gasteiger partial charge in [-0.3, -0.25) is 9.48 Å². The Morgan fingerprint density at radius 3 is 2.77 bits per heavy atom. The van der Waals surface area contributed by atoms with Gasteiger partial charge in [-0.2, -0.15) is 5.10 Å². The average molecular weight is 536 g/mol. The minimum Gasteiger partial charge on any atom is -0.499 e. The Labute approximate surface area is 234 Å². The van der Waals surface area contributed by atoms with Crippen LogP contribution in [0.3, 0.4) is 0 Å². The molecule has 0 atom stereocenters. The molecule has 0 aliphatic carbocycles. The predicted molar refractivity (Wildman–Crippen MR) is 156 cm³/mol. The van der Waals surface area contributed by atoms with Crippen LogP contribution in [0.1, 0.15) is 47.1 Å². The zero-order valence-corrected chi connectivity index (χ0v) is 22.9. The number of aryl methyl sites for hydroxylation is 1. The Bertz CT molecular complexity index is 1580. The number of hydrogen-bond donors (Lipinski definition) is 1. The molecule has 1 aromatic heterocycles. The first kappa shape index (κ1) is 27.0. The molecule has 5 rings (SSSR count). The Balaban J connectivity index is 1.26. The third-order valence-corrected chi connectivity index (χ3v) is 7.49. The minimum absolute atomic E-state index is 0.117. The Morgan fingerprint density at radius 2 is 1.93 bits per heavy atom. The summed E-state index contributed by atoms with van der Waals surface area (Å²) in [6.45, 7) is 5.83. The molecule has 0 bridgehead atoms. The van der Waals surface area contributed by atoms with E-state index in [4.69, 9.17) is 4.74 Å². The van der Waals surface area contributed by atoms with E-state index in [1.807, 2.05) is 52.3 Å². The van der Waals surface area contributed by atoms with Crippen molar-refractivity contribution in [3.8, 4) is 16.9 Å². The van der Waals surface area contributed by atoms with E-state index in [0.29, 0.717) is 38.1 Å². The maximum absolute atomic E-state index is 13.3. The molecule has 7 heteroatoms. The van der Waals surface area contributed by atoms with Crippen LogP contribution in [0.25, 0.3) is 16.9 Å². The van der Waals surface area contributed by atoms with Crippen LogP contribution in [-0.4, -0.2) is 39.9 Å². The maximum atomic E-state index is 13.3. The maximum Gasteiger partial charge on any atom is 0.227 e. The van der Waals surface area contributed by atoms with Gasteiger partial charge in [0, 0.05) is 36.0 Å². The molecule has 1 N–H and O–H groups in total. The third-order valence-electron chi connectivity index (χ3n) is 7.49. The summed E-state index contributed by atoms with van der Waals surface area (Å²) < 4.78 is 7.79. The number of ether oxygens (including phenoxy) is 1. The molecular weight excluding hydrogens is 502 g/mol. The molecule has 0 saturated heterocycles. The number of anilines is 1. The highest BCUT2D eigenvalue weighted by Gasteiger charge is 2.24. The molecular formula is C33H33N3O4. The van der Waals surface area contributed by atoms with Crippen molar-refractivity contribution in [2.24, 2.45) is 0 Å². The van der Waals surface area contributed by atoms with Crippen molar-refractivity contribution in [3.05, 3.63) is 101 Å². The monoisotopic (exact) mass is 535 g/mol. The molecule has 1 aliphatic rings. The fourth-order valence-corrected chi connectivity index (χ4v) is 5.23. The van der Waals surface area contributed by atoms with Crippen LogP contribution in [0.15, 0.2) is 73.1 Å². The third kappa shape index (κ3) is 5.85. The molecule has 7 nitrogen and oxygen atoms in total. The van der Waals surface area contributed by atoms with Crippen LogP contribution >= 0.6 is 0 Å². The molecule has 204 valence electrons. The van der Waals surface area contributed by atoms with E-state index in [2.05, 4.69) is 31.1 Å². The number of amides is 1. The summed E-state index contributed by atoms with van der Waals surface area (Å²) in [6, 6.07) is 19.3. The topological polar surface area (TPSA) is 84.7 Å². The van der Waals surface area contributed by atoms with E-state index >= 15 is 0 Å². The predicted octanol–water partition coefficient (Wildman–Crippen LogP) is 6.08. The van der Waals surface area contributed by atoms with Gasteiger partial charge in [0.05, 0.1) is 19.3 Å². The highest BCUT2D eigenvalue weighted by atomic mass is 16.5. The fraction of sp³-hybridized carbons (Fsp3) is 0.273. The summed E-state index contributed by atoms with van der Waals surface area (Å²) in [7, 11) is 0. The number of rotatable bonds is 9. The van der Waals surface area contributed by atoms with Crippen LogP contribution in [0.4, 0.5) is 5.69 Å². The summed E-state index contributed by atoms with van der Waals surface area (Å²) >= 11 is 0. The zero-order chi connectivity index (χ0) is 28.1. The van der Waals surface area contributed by atoms with Crippen molar-refractivity contribution < 1.29 is 19.4 Å². The van der Waals surface area contributed by atoms with Gasteiger partial charge in [0.1, 0.15) is 5.75 Å². The summed E-state index contributed by atoms with van der Waals surface area (Å²) in [5.41, 5.74) is 7.87. The molecule has 0 radical (unpaired) electrons. The molecule has 0 spiro atoms. The van der Waals surface area contributed by atoms with Crippen molar-refractivity contribution in [2.75, 3.05) is 18.1 Å². The number of nitrogens with zero attached hydrogens (tertiary/aromatic N) is 3. The number of aliphatic hydroxyl groups excluding tert-OH is 1. The van der Waals surface area contributed by atoms with Gasteiger partial charge < -0.3 is 14.7 Å². The van der Waals surface area contributed by atoms with Gasteiger partial charge in [0.25, 0.3) is 0 Å². The van der Waals surface area contributed by atoms with Crippen molar-refractivity contribution in [1.29, 1.82) is 0 Å². The van der Waals surface area contributed by atoms with E-state index in [0.717, 1.165) is 52.1 Å². The number of fused-ring (bicyclic) bond motifs is 1. The lowest BCUT2D eigenvalue weighted by atomic mass is 9.93. The average Bonchev–Trinajstić information content (AvgIpc) is 3.44. The zero-order valence-electron chi connectivity index (χ0n) is 22.9. The molecule has 0 unspecified atom stereocenters. The van der Waals surface area contributed by atoms with E-state index in [1.54, 1.807) is 18.2 Å². The van der Waals surface area contributed by atoms with E-state index < -0.39 is 5.76 Å². The largest absolute Gasteiger partial charge is 0.499 e. The SMILES string of the molecule is Cc1cccc(OCCCC(=O)N2CCCc3c(-c4cnn(Cc5cccc(C(O)=C=O)c5)c4)cccc32)c1C. The van der Waals surface area contributed by atoms with E-state index in [1.165, 1.54) is 11.5 Å². The summed E-state index contributed by atoms with van der Waals surface area (Å²) in [5.74, 6) is 2.11. The van der Waals surface area contributed by atoms with Crippen molar-refractivity contribution in [1.82, 2.24) is 9.78 Å². The van der Waals surface area contributed by atoms with E-state index in [-0.39, 0.29) is 5.91 Å². The smallest absolute Gasteiger partial charge is 0.227 e. The molecule has 0 saturated carbocycles. The summed E-state index contributed by atoms with van der Waals surface area (Å²) in [6.07, 6.45) is 6.72. The second-order valence-electron chi connectivity index (χ2n) is 10.2. The second-order valence-corrected chi connectivity index (χ2v) is 10.2. The number of aromatic nitrogens is 2. The van der Waals surface area contributed by atoms with Gasteiger partial charge in [0.2, 0.25) is 11.7 Å². The van der Waals surface area contributed by atoms with Crippen LogP contribution in [-0.2, 0) is 22.6 Å². The first-order valence-corrected chi connectivity index (χ1v) is 13.6. The molecule has 2 heterocycles. The van der Waals surface area contributed by atoms with Crippen molar-refractivity contribution >= 4 is 23.3 Å². The lowest BCUT2D eigenvalue weighted by Gasteiger charge is -2.31. The molecule has 3 aromatic carbocycles. The Hall–Kier alpha value is -4.61. The van der Waals surface area contributed by atoms with Gasteiger partial charge in [-0.15, -0.1) is 0 Å². The summed E-state index contributed by atoms with van der Waals surface area (Å²) in [4.78, 5) is 26.0. The molecule has 0 fully saturated rings. The molecule has 1 aliphatic heterocycles. The first-order valence-electron chi connectivity index (χ1n) is 13.6. The number of benzene rings is 3. The van der Waals surface area contributed by atoms with Gasteiger partial charge in [-0.05, 0) is 79.1 Å². The van der Waals surface area contributed by atoms with E-state index in [9.17, 15) is 14.7 Å². The summed E-state index contributed by atoms with van der Waals surface area (Å²) in [5, 5.41) is 14.3. The number of carbonyl (C=O) groups is 1. The standard InChI is InChI=1S/C33H33N3O4/c1-23-8-3-14-32(24(23)2)40-17-7-15-33(39)36-16-6-12-29-28(11-5-13-30(29)36)27-19-34-35(21-27)20-25-9-4-10-26(18-25)31(38)22-37/h3-5,8-11,13-14,18-19,21,38H,6-7,12,15-17,20H2,1-2H3. The number of hydrogen-bond acceptors (Lipinski definition) is 5. The van der Waals surface area contributed by atoms with Crippen LogP contribution < -0.4 is 9.64 Å². The molecule has 4 aromatic rings. The lowest BCUT2D eigenvalue weighted by Crippen LogP contribution is -2.35. The van der Waals surface area contributed by atoms with Crippen LogP contribution in [0, 0.1) is 13.8 Å². The lowest BCUT2D eigenvalue weighted by molar-refractivity contribution is -0.118.